The molecule has 0 fully saturated rings. The molecule has 0 saturated carbocycles. The fourth-order valence-electron chi connectivity index (χ4n) is 2.00. The molecule has 5 heteroatoms. The quantitative estimate of drug-likeness (QED) is 0.855. The summed E-state index contributed by atoms with van der Waals surface area (Å²) >= 11 is 1.19. The number of Topliss-reactive ketones (excluding diaryl/α,β-unsaturated/α-hetero) is 1. The second kappa shape index (κ2) is 4.94. The zero-order chi connectivity index (χ0) is 13.3. The van der Waals surface area contributed by atoms with Crippen molar-refractivity contribution in [2.75, 3.05) is 0 Å². The monoisotopic (exact) mass is 266 g/mol. The highest BCUT2D eigenvalue weighted by atomic mass is 32.2. The summed E-state index contributed by atoms with van der Waals surface area (Å²) in [7, 11) is 0. The van der Waals surface area contributed by atoms with Crippen LogP contribution in [-0.4, -0.2) is 22.1 Å². The van der Waals surface area contributed by atoms with Crippen LogP contribution in [0.4, 0.5) is 4.39 Å². The van der Waals surface area contributed by atoms with Gasteiger partial charge >= 0.3 is 5.97 Å². The van der Waals surface area contributed by atoms with Crippen LogP contribution in [0.5, 0.6) is 0 Å². The molecule has 1 heterocycles. The number of carbonyl (C=O) groups is 2. The number of hydrogen-bond donors (Lipinski definition) is 1. The van der Waals surface area contributed by atoms with Crippen LogP contribution in [0.3, 0.4) is 0 Å². The van der Waals surface area contributed by atoms with Gasteiger partial charge in [-0.05, 0) is 30.0 Å². The highest BCUT2D eigenvalue weighted by molar-refractivity contribution is 8.03. The average Bonchev–Trinajstić information content (AvgIpc) is 2.77. The predicted octanol–water partition coefficient (Wildman–Crippen LogP) is 2.83. The number of carbonyl (C=O) groups excluding carboxylic acids is 1. The van der Waals surface area contributed by atoms with Crippen molar-refractivity contribution in [3.8, 4) is 0 Å². The Morgan fingerprint density at radius 2 is 2.11 bits per heavy atom. The molecule has 2 rings (SSSR count). The molecule has 1 aromatic rings. The molecule has 1 aliphatic rings. The third-order valence-corrected chi connectivity index (χ3v) is 3.94. The zero-order valence-corrected chi connectivity index (χ0v) is 10.4. The van der Waals surface area contributed by atoms with Crippen molar-refractivity contribution in [1.29, 1.82) is 0 Å². The van der Waals surface area contributed by atoms with Gasteiger partial charge in [0.25, 0.3) is 0 Å². The van der Waals surface area contributed by atoms with Crippen LogP contribution >= 0.6 is 11.8 Å². The molecule has 3 nitrogen and oxygen atoms in total. The number of thioether (sulfide) groups is 1. The van der Waals surface area contributed by atoms with Gasteiger partial charge in [-0.1, -0.05) is 12.1 Å². The summed E-state index contributed by atoms with van der Waals surface area (Å²) in [5.74, 6) is -2.09. The van der Waals surface area contributed by atoms with E-state index >= 15 is 0 Å². The van der Waals surface area contributed by atoms with Gasteiger partial charge in [-0.3, -0.25) is 9.59 Å². The van der Waals surface area contributed by atoms with Gasteiger partial charge in [-0.15, -0.1) is 11.8 Å². The van der Waals surface area contributed by atoms with Crippen LogP contribution in [0.25, 0.3) is 0 Å². The first kappa shape index (κ1) is 12.8. The minimum absolute atomic E-state index is 0.249. The fraction of sp³-hybridized carbons (Fsp3) is 0.231. The van der Waals surface area contributed by atoms with Crippen LogP contribution < -0.4 is 0 Å². The lowest BCUT2D eigenvalue weighted by atomic mass is 9.90. The van der Waals surface area contributed by atoms with Crippen LogP contribution in [0.2, 0.25) is 0 Å². The molecule has 2 unspecified atom stereocenters. The van der Waals surface area contributed by atoms with Gasteiger partial charge in [-0.2, -0.15) is 0 Å². The van der Waals surface area contributed by atoms with E-state index in [1.165, 1.54) is 30.8 Å². The van der Waals surface area contributed by atoms with Crippen molar-refractivity contribution in [2.24, 2.45) is 0 Å². The average molecular weight is 266 g/mol. The van der Waals surface area contributed by atoms with Gasteiger partial charge in [0.15, 0.2) is 5.78 Å². The highest BCUT2D eigenvalue weighted by Crippen LogP contribution is 2.38. The maximum Gasteiger partial charge on any atom is 0.317 e. The molecule has 0 amide bonds. The van der Waals surface area contributed by atoms with Crippen molar-refractivity contribution in [3.63, 3.8) is 0 Å². The number of ketones is 1. The van der Waals surface area contributed by atoms with Crippen LogP contribution in [-0.2, 0) is 4.79 Å². The number of rotatable bonds is 3. The van der Waals surface area contributed by atoms with Gasteiger partial charge in [-0.25, -0.2) is 4.39 Å². The van der Waals surface area contributed by atoms with Crippen molar-refractivity contribution in [2.45, 2.75) is 18.1 Å². The Bertz CT molecular complexity index is 539. The van der Waals surface area contributed by atoms with Crippen LogP contribution in [0, 0.1) is 5.82 Å². The van der Waals surface area contributed by atoms with E-state index < -0.39 is 23.0 Å². The summed E-state index contributed by atoms with van der Waals surface area (Å²) in [6, 6.07) is 3.90. The topological polar surface area (TPSA) is 54.4 Å². The first-order chi connectivity index (χ1) is 8.50. The maximum absolute atomic E-state index is 13.2. The van der Waals surface area contributed by atoms with Crippen molar-refractivity contribution < 1.29 is 19.1 Å². The molecule has 1 aliphatic heterocycles. The second-order valence-electron chi connectivity index (χ2n) is 4.04. The van der Waals surface area contributed by atoms with Crippen molar-refractivity contribution >= 4 is 23.5 Å². The minimum Gasteiger partial charge on any atom is -0.480 e. The molecule has 0 radical (unpaired) electrons. The SMILES string of the molecule is CC(=O)c1cc(F)ccc1C1C=CSC1C(=O)O. The van der Waals surface area contributed by atoms with Crippen LogP contribution in [0.1, 0.15) is 28.8 Å². The lowest BCUT2D eigenvalue weighted by Gasteiger charge is -2.17. The number of allylic oxidation sites excluding steroid dienone is 1. The van der Waals surface area contributed by atoms with Gasteiger partial charge in [0.05, 0.1) is 0 Å². The Morgan fingerprint density at radius 1 is 1.39 bits per heavy atom. The summed E-state index contributed by atoms with van der Waals surface area (Å²) in [4.78, 5) is 22.6. The van der Waals surface area contributed by atoms with E-state index in [0.717, 1.165) is 6.07 Å². The molecule has 0 saturated heterocycles. The van der Waals surface area contributed by atoms with E-state index in [-0.39, 0.29) is 11.3 Å². The van der Waals surface area contributed by atoms with E-state index in [1.807, 2.05) is 0 Å². The highest BCUT2D eigenvalue weighted by Gasteiger charge is 2.33. The Kier molecular flexibility index (Phi) is 3.52. The van der Waals surface area contributed by atoms with Gasteiger partial charge in [0, 0.05) is 11.5 Å². The van der Waals surface area contributed by atoms with Gasteiger partial charge < -0.3 is 5.11 Å². The van der Waals surface area contributed by atoms with Crippen molar-refractivity contribution in [1.82, 2.24) is 0 Å². The molecule has 0 aliphatic carbocycles. The molecule has 18 heavy (non-hydrogen) atoms. The third-order valence-electron chi connectivity index (χ3n) is 2.83. The molecule has 1 N–H and O–H groups in total. The number of hydrogen-bond acceptors (Lipinski definition) is 3. The zero-order valence-electron chi connectivity index (χ0n) is 9.59. The summed E-state index contributed by atoms with van der Waals surface area (Å²) in [5.41, 5.74) is 0.816. The Hall–Kier alpha value is -1.62. The Balaban J connectivity index is 2.47. The number of halogens is 1. The van der Waals surface area contributed by atoms with E-state index in [2.05, 4.69) is 0 Å². The lowest BCUT2D eigenvalue weighted by Crippen LogP contribution is -2.22. The molecular formula is C13H11FO3S. The summed E-state index contributed by atoms with van der Waals surface area (Å²) in [6.45, 7) is 1.35. The molecule has 0 bridgehead atoms. The second-order valence-corrected chi connectivity index (χ2v) is 5.09. The number of benzene rings is 1. The summed E-state index contributed by atoms with van der Waals surface area (Å²) < 4.78 is 13.2. The van der Waals surface area contributed by atoms with Crippen molar-refractivity contribution in [3.05, 3.63) is 46.6 Å². The first-order valence-corrected chi connectivity index (χ1v) is 6.30. The maximum atomic E-state index is 13.2. The van der Waals surface area contributed by atoms with Crippen LogP contribution in [0.15, 0.2) is 29.7 Å². The minimum atomic E-state index is -0.936. The molecule has 2 atom stereocenters. The summed E-state index contributed by atoms with van der Waals surface area (Å²) in [5, 5.41) is 10.2. The normalized spacial score (nSPS) is 22.1. The molecule has 1 aromatic carbocycles. The summed E-state index contributed by atoms with van der Waals surface area (Å²) in [6.07, 6.45) is 1.74. The Labute approximate surface area is 108 Å². The van der Waals surface area contributed by atoms with E-state index in [0.29, 0.717) is 5.56 Å². The number of carboxylic acids is 1. The van der Waals surface area contributed by atoms with E-state index in [4.69, 9.17) is 5.11 Å². The van der Waals surface area contributed by atoms with E-state index in [1.54, 1.807) is 11.5 Å². The van der Waals surface area contributed by atoms with E-state index in [9.17, 15) is 14.0 Å². The fourth-order valence-corrected chi connectivity index (χ4v) is 2.96. The molecular weight excluding hydrogens is 255 g/mol. The lowest BCUT2D eigenvalue weighted by molar-refractivity contribution is -0.136. The first-order valence-electron chi connectivity index (χ1n) is 5.36. The third kappa shape index (κ3) is 2.31. The molecule has 94 valence electrons. The predicted molar refractivity (Wildman–Crippen MR) is 67.3 cm³/mol. The van der Waals surface area contributed by atoms with Gasteiger partial charge in [0.2, 0.25) is 0 Å². The Morgan fingerprint density at radius 3 is 2.72 bits per heavy atom. The van der Waals surface area contributed by atoms with Gasteiger partial charge in [0.1, 0.15) is 11.1 Å². The standard InChI is InChI=1S/C13H11FO3S/c1-7(15)11-6-8(14)2-3-9(11)10-4-5-18-12(10)13(16)17/h2-6,10,12H,1H3,(H,16,17). The largest absolute Gasteiger partial charge is 0.480 e. The smallest absolute Gasteiger partial charge is 0.317 e. The molecule has 0 spiro atoms. The number of aliphatic carboxylic acids is 1. The molecule has 0 aromatic heterocycles. The number of carboxylic acid groups (broad SMARTS) is 1.